The number of rotatable bonds is 3. The van der Waals surface area contributed by atoms with Gasteiger partial charge in [-0.1, -0.05) is 12.1 Å². The van der Waals surface area contributed by atoms with Crippen molar-refractivity contribution < 1.29 is 4.79 Å². The van der Waals surface area contributed by atoms with Crippen LogP contribution in [0.4, 0.5) is 5.82 Å². The Morgan fingerprint density at radius 2 is 1.90 bits per heavy atom. The van der Waals surface area contributed by atoms with Gasteiger partial charge >= 0.3 is 0 Å². The van der Waals surface area contributed by atoms with Gasteiger partial charge in [-0.05, 0) is 37.1 Å². The molecule has 0 aliphatic carbocycles. The average molecular weight is 408 g/mol. The fourth-order valence-corrected chi connectivity index (χ4v) is 4.66. The Morgan fingerprint density at radius 1 is 1.10 bits per heavy atom. The van der Waals surface area contributed by atoms with Crippen LogP contribution in [0.15, 0.2) is 36.4 Å². The predicted molar refractivity (Wildman–Crippen MR) is 113 cm³/mol. The number of amides is 1. The van der Waals surface area contributed by atoms with Gasteiger partial charge in [0, 0.05) is 33.1 Å². The first-order valence-electron chi connectivity index (χ1n) is 9.64. The van der Waals surface area contributed by atoms with Crippen molar-refractivity contribution in [3.8, 4) is 0 Å². The van der Waals surface area contributed by atoms with Crippen LogP contribution in [-0.4, -0.2) is 62.8 Å². The van der Waals surface area contributed by atoms with Crippen molar-refractivity contribution in [3.05, 3.63) is 47.2 Å². The van der Waals surface area contributed by atoms with Gasteiger partial charge in [-0.25, -0.2) is 4.98 Å². The highest BCUT2D eigenvalue weighted by molar-refractivity contribution is 7.20. The number of hydrogen-bond acceptors (Lipinski definition) is 7. The highest BCUT2D eigenvalue weighted by Crippen LogP contribution is 2.29. The fraction of sp³-hybridized carbons (Fsp3) is 0.350. The molecule has 3 aromatic heterocycles. The van der Waals surface area contributed by atoms with Crippen molar-refractivity contribution >= 4 is 38.9 Å². The zero-order valence-corrected chi connectivity index (χ0v) is 17.1. The van der Waals surface area contributed by atoms with Gasteiger partial charge in [0.1, 0.15) is 5.82 Å². The highest BCUT2D eigenvalue weighted by Gasteiger charge is 2.29. The maximum absolute atomic E-state index is 12.9. The molecule has 0 atom stereocenters. The first kappa shape index (κ1) is 18.0. The SMILES string of the molecule is CN(C)c1ccc2nnc(C3CCN(C(=O)c4nc5ccccc5s4)CC3)n2n1. The number of para-hydroxylation sites is 1. The van der Waals surface area contributed by atoms with Crippen LogP contribution < -0.4 is 4.90 Å². The lowest BCUT2D eigenvalue weighted by molar-refractivity contribution is 0.0710. The molecular weight excluding hydrogens is 386 g/mol. The van der Waals surface area contributed by atoms with Gasteiger partial charge in [-0.2, -0.15) is 4.52 Å². The monoisotopic (exact) mass is 407 g/mol. The molecule has 4 heterocycles. The summed E-state index contributed by atoms with van der Waals surface area (Å²) < 4.78 is 2.88. The van der Waals surface area contributed by atoms with E-state index in [1.165, 1.54) is 11.3 Å². The Morgan fingerprint density at radius 3 is 2.66 bits per heavy atom. The summed E-state index contributed by atoms with van der Waals surface area (Å²) in [6.45, 7) is 1.36. The van der Waals surface area contributed by atoms with Crippen LogP contribution in [-0.2, 0) is 0 Å². The summed E-state index contributed by atoms with van der Waals surface area (Å²) in [7, 11) is 3.93. The maximum Gasteiger partial charge on any atom is 0.282 e. The summed E-state index contributed by atoms with van der Waals surface area (Å²) >= 11 is 1.46. The fourth-order valence-electron chi connectivity index (χ4n) is 3.73. The summed E-state index contributed by atoms with van der Waals surface area (Å²) in [5.74, 6) is 1.98. The molecule has 8 nitrogen and oxygen atoms in total. The van der Waals surface area contributed by atoms with E-state index >= 15 is 0 Å². The van der Waals surface area contributed by atoms with Crippen LogP contribution in [0.25, 0.3) is 15.9 Å². The lowest BCUT2D eigenvalue weighted by Crippen LogP contribution is -2.38. The van der Waals surface area contributed by atoms with Crippen molar-refractivity contribution in [3.63, 3.8) is 0 Å². The lowest BCUT2D eigenvalue weighted by atomic mass is 9.96. The van der Waals surface area contributed by atoms with E-state index in [0.717, 1.165) is 40.3 Å². The predicted octanol–water partition coefficient (Wildman–Crippen LogP) is 2.82. The topological polar surface area (TPSA) is 79.5 Å². The van der Waals surface area contributed by atoms with Gasteiger partial charge in [0.2, 0.25) is 0 Å². The smallest absolute Gasteiger partial charge is 0.282 e. The summed E-state index contributed by atoms with van der Waals surface area (Å²) in [4.78, 5) is 21.3. The third-order valence-corrected chi connectivity index (χ3v) is 6.38. The standard InChI is InChI=1S/C20H21N7OS/c1-25(2)17-8-7-16-22-23-18(27(16)24-17)13-9-11-26(12-10-13)20(28)19-21-14-5-3-4-6-15(14)29-19/h3-8,13H,9-12H2,1-2H3. The largest absolute Gasteiger partial charge is 0.361 e. The molecule has 148 valence electrons. The molecule has 0 N–H and O–H groups in total. The van der Waals surface area contributed by atoms with Gasteiger partial charge in [-0.15, -0.1) is 26.6 Å². The summed E-state index contributed by atoms with van der Waals surface area (Å²) in [5, 5.41) is 13.9. The molecule has 1 amide bonds. The van der Waals surface area contributed by atoms with Crippen molar-refractivity contribution in [2.24, 2.45) is 0 Å². The number of hydrogen-bond donors (Lipinski definition) is 0. The Labute approximate surface area is 171 Å². The normalized spacial score (nSPS) is 15.3. The Balaban J connectivity index is 1.33. The second kappa shape index (κ2) is 7.07. The summed E-state index contributed by atoms with van der Waals surface area (Å²) in [5.41, 5.74) is 1.63. The molecule has 1 aromatic carbocycles. The van der Waals surface area contributed by atoms with Crippen molar-refractivity contribution in [2.45, 2.75) is 18.8 Å². The molecule has 1 aliphatic heterocycles. The summed E-state index contributed by atoms with van der Waals surface area (Å²) in [6, 6.07) is 11.7. The molecule has 0 unspecified atom stereocenters. The number of aromatic nitrogens is 5. The number of anilines is 1. The number of nitrogens with zero attached hydrogens (tertiary/aromatic N) is 7. The molecule has 1 saturated heterocycles. The second-order valence-electron chi connectivity index (χ2n) is 7.47. The maximum atomic E-state index is 12.9. The van der Waals surface area contributed by atoms with Crippen molar-refractivity contribution in [1.29, 1.82) is 0 Å². The van der Waals surface area contributed by atoms with E-state index in [2.05, 4.69) is 20.3 Å². The zero-order chi connectivity index (χ0) is 20.0. The van der Waals surface area contributed by atoms with E-state index in [9.17, 15) is 4.79 Å². The van der Waals surface area contributed by atoms with Crippen molar-refractivity contribution in [2.75, 3.05) is 32.1 Å². The molecule has 4 aromatic rings. The molecule has 29 heavy (non-hydrogen) atoms. The number of thiazole rings is 1. The van der Waals surface area contributed by atoms with Gasteiger partial charge in [0.15, 0.2) is 16.5 Å². The summed E-state index contributed by atoms with van der Waals surface area (Å²) in [6.07, 6.45) is 1.68. The third-order valence-electron chi connectivity index (χ3n) is 5.36. The van der Waals surface area contributed by atoms with E-state index < -0.39 is 0 Å². The van der Waals surface area contributed by atoms with Crippen LogP contribution >= 0.6 is 11.3 Å². The Bertz CT molecular complexity index is 1160. The molecule has 1 aliphatic rings. The number of likely N-dealkylation sites (tertiary alicyclic amines) is 1. The van der Waals surface area contributed by atoms with Crippen molar-refractivity contribution in [1.82, 2.24) is 29.7 Å². The molecule has 5 rings (SSSR count). The van der Waals surface area contributed by atoms with Gasteiger partial charge in [-0.3, -0.25) is 4.79 Å². The second-order valence-corrected chi connectivity index (χ2v) is 8.50. The molecule has 9 heteroatoms. The zero-order valence-electron chi connectivity index (χ0n) is 16.3. The number of carbonyl (C=O) groups is 1. The van der Waals surface area contributed by atoms with E-state index in [4.69, 9.17) is 0 Å². The Kier molecular flexibility index (Phi) is 4.39. The van der Waals surface area contributed by atoms with Gasteiger partial charge in [0.05, 0.1) is 10.2 Å². The van der Waals surface area contributed by atoms with Gasteiger partial charge in [0.25, 0.3) is 5.91 Å². The lowest BCUT2D eigenvalue weighted by Gasteiger charge is -2.30. The van der Waals surface area contributed by atoms with Crippen LogP contribution in [0.1, 0.15) is 34.4 Å². The van der Waals surface area contributed by atoms with Crippen LogP contribution in [0.2, 0.25) is 0 Å². The molecule has 1 fully saturated rings. The van der Waals surface area contributed by atoms with E-state index in [0.29, 0.717) is 18.1 Å². The highest BCUT2D eigenvalue weighted by atomic mass is 32.1. The molecular formula is C20H21N7OS. The molecule has 0 radical (unpaired) electrons. The number of piperidine rings is 1. The van der Waals surface area contributed by atoms with Crippen LogP contribution in [0.3, 0.4) is 0 Å². The van der Waals surface area contributed by atoms with E-state index in [-0.39, 0.29) is 11.8 Å². The minimum atomic E-state index is 0.0174. The minimum Gasteiger partial charge on any atom is -0.361 e. The first-order chi connectivity index (χ1) is 14.1. The molecule has 0 spiro atoms. The molecule has 0 bridgehead atoms. The number of fused-ring (bicyclic) bond motifs is 2. The first-order valence-corrected chi connectivity index (χ1v) is 10.5. The number of carbonyl (C=O) groups excluding carboxylic acids is 1. The quantitative estimate of drug-likeness (QED) is 0.520. The van der Waals surface area contributed by atoms with Crippen LogP contribution in [0, 0.1) is 0 Å². The molecule has 0 saturated carbocycles. The minimum absolute atomic E-state index is 0.0174. The number of benzene rings is 1. The van der Waals surface area contributed by atoms with E-state index in [1.807, 2.05) is 64.8 Å². The van der Waals surface area contributed by atoms with E-state index in [1.54, 1.807) is 0 Å². The Hall–Kier alpha value is -3.07. The van der Waals surface area contributed by atoms with Gasteiger partial charge < -0.3 is 9.80 Å². The third kappa shape index (κ3) is 3.21. The van der Waals surface area contributed by atoms with Crippen LogP contribution in [0.5, 0.6) is 0 Å². The average Bonchev–Trinajstić information content (AvgIpc) is 3.37.